The number of carbonyl (C=O) groups excluding carboxylic acids is 1. The monoisotopic (exact) mass is 672 g/mol. The summed E-state index contributed by atoms with van der Waals surface area (Å²) in [6, 6.07) is 23.9. The van der Waals surface area contributed by atoms with E-state index in [0.29, 0.717) is 54.3 Å². The highest BCUT2D eigenvalue weighted by Gasteiger charge is 2.34. The first-order chi connectivity index (χ1) is 22.3. The lowest BCUT2D eigenvalue weighted by Crippen LogP contribution is -2.40. The van der Waals surface area contributed by atoms with Crippen molar-refractivity contribution < 1.29 is 19.0 Å². The normalized spacial score (nSPS) is 14.6. The van der Waals surface area contributed by atoms with Gasteiger partial charge in [-0.2, -0.15) is 0 Å². The number of thiazole rings is 1. The second-order valence-corrected chi connectivity index (χ2v) is 12.4. The predicted octanol–water partition coefficient (Wildman–Crippen LogP) is 7.24. The number of rotatable bonds is 9. The molecule has 0 unspecified atom stereocenters. The van der Waals surface area contributed by atoms with Gasteiger partial charge in [0.25, 0.3) is 5.56 Å². The third-order valence-corrected chi connectivity index (χ3v) is 9.08. The highest BCUT2D eigenvalue weighted by atomic mass is 35.5. The van der Waals surface area contributed by atoms with Crippen molar-refractivity contribution in [3.8, 4) is 11.5 Å². The molecule has 0 spiro atoms. The average molecular weight is 674 g/mol. The van der Waals surface area contributed by atoms with Gasteiger partial charge in [-0.15, -0.1) is 0 Å². The van der Waals surface area contributed by atoms with Gasteiger partial charge in [0.1, 0.15) is 6.61 Å². The molecule has 0 aliphatic carbocycles. The number of nitrogens with zero attached hydrogens (tertiary/aromatic N) is 2. The summed E-state index contributed by atoms with van der Waals surface area (Å²) >= 11 is 14.0. The molecule has 4 aromatic carbocycles. The van der Waals surface area contributed by atoms with Crippen LogP contribution < -0.4 is 24.4 Å². The van der Waals surface area contributed by atoms with Gasteiger partial charge in [-0.3, -0.25) is 9.36 Å². The molecule has 5 aromatic rings. The zero-order valence-corrected chi connectivity index (χ0v) is 27.7. The molecule has 0 radical (unpaired) electrons. The Labute approximate surface area is 279 Å². The SMILES string of the molecule is CCOC(=O)C1=C(C)N=c2s/c(=C/c3cc(Cl)c(OCc4ccc(Cl)cc4)c(OCC)c3)c(=O)n2[C@H]1c1cccc2ccccc12. The van der Waals surface area contributed by atoms with E-state index >= 15 is 0 Å². The van der Waals surface area contributed by atoms with Crippen molar-refractivity contribution in [2.45, 2.75) is 33.4 Å². The fourth-order valence-corrected chi connectivity index (χ4v) is 6.98. The number of hydrogen-bond acceptors (Lipinski definition) is 7. The Kier molecular flexibility index (Phi) is 9.31. The first-order valence-corrected chi connectivity index (χ1v) is 16.4. The Hall–Kier alpha value is -4.37. The Bertz CT molecular complexity index is 2160. The number of esters is 1. The van der Waals surface area contributed by atoms with Crippen molar-refractivity contribution >= 4 is 57.4 Å². The summed E-state index contributed by atoms with van der Waals surface area (Å²) in [6.07, 6.45) is 1.75. The minimum atomic E-state index is -0.727. The summed E-state index contributed by atoms with van der Waals surface area (Å²) in [6.45, 7) is 6.26. The van der Waals surface area contributed by atoms with Gasteiger partial charge in [-0.1, -0.05) is 89.1 Å². The second kappa shape index (κ2) is 13.5. The number of ether oxygens (including phenoxy) is 3. The average Bonchev–Trinajstić information content (AvgIpc) is 3.34. The third-order valence-electron chi connectivity index (χ3n) is 7.56. The van der Waals surface area contributed by atoms with Crippen LogP contribution in [0.3, 0.4) is 0 Å². The molecule has 0 amide bonds. The lowest BCUT2D eigenvalue weighted by atomic mass is 9.91. The van der Waals surface area contributed by atoms with Crippen LogP contribution in [0.1, 0.15) is 43.5 Å². The first-order valence-electron chi connectivity index (χ1n) is 14.8. The zero-order valence-electron chi connectivity index (χ0n) is 25.4. The van der Waals surface area contributed by atoms with Crippen molar-refractivity contribution in [1.29, 1.82) is 0 Å². The molecule has 1 atom stereocenters. The van der Waals surface area contributed by atoms with Gasteiger partial charge in [0.15, 0.2) is 16.3 Å². The van der Waals surface area contributed by atoms with E-state index in [1.807, 2.05) is 61.5 Å². The van der Waals surface area contributed by atoms with E-state index in [-0.39, 0.29) is 18.8 Å². The third kappa shape index (κ3) is 6.20. The predicted molar refractivity (Wildman–Crippen MR) is 183 cm³/mol. The maximum atomic E-state index is 14.2. The van der Waals surface area contributed by atoms with E-state index in [4.69, 9.17) is 42.4 Å². The molecule has 1 aliphatic rings. The molecule has 0 bridgehead atoms. The molecule has 7 nitrogen and oxygen atoms in total. The number of halogens is 2. The smallest absolute Gasteiger partial charge is 0.338 e. The lowest BCUT2D eigenvalue weighted by Gasteiger charge is -2.25. The van der Waals surface area contributed by atoms with E-state index in [9.17, 15) is 9.59 Å². The van der Waals surface area contributed by atoms with Crippen LogP contribution in [-0.4, -0.2) is 23.8 Å². The minimum Gasteiger partial charge on any atom is -0.490 e. The van der Waals surface area contributed by atoms with E-state index in [2.05, 4.69) is 0 Å². The van der Waals surface area contributed by atoms with Crippen LogP contribution in [0, 0.1) is 0 Å². The maximum absolute atomic E-state index is 14.2. The quantitative estimate of drug-likeness (QED) is 0.154. The molecule has 0 saturated heterocycles. The fraction of sp³-hybridized carbons (Fsp3) is 0.194. The number of allylic oxidation sites excluding steroid dienone is 1. The molecule has 46 heavy (non-hydrogen) atoms. The molecular weight excluding hydrogens is 643 g/mol. The lowest BCUT2D eigenvalue weighted by molar-refractivity contribution is -0.139. The van der Waals surface area contributed by atoms with Crippen LogP contribution in [-0.2, 0) is 16.1 Å². The molecule has 1 aromatic heterocycles. The summed E-state index contributed by atoms with van der Waals surface area (Å²) < 4.78 is 19.4. The summed E-state index contributed by atoms with van der Waals surface area (Å²) in [5.74, 6) is 0.359. The van der Waals surface area contributed by atoms with Crippen LogP contribution in [0.5, 0.6) is 11.5 Å². The second-order valence-electron chi connectivity index (χ2n) is 10.5. The van der Waals surface area contributed by atoms with Crippen molar-refractivity contribution in [3.05, 3.63) is 137 Å². The van der Waals surface area contributed by atoms with E-state index in [1.165, 1.54) is 11.3 Å². The molecule has 0 fully saturated rings. The van der Waals surface area contributed by atoms with Crippen molar-refractivity contribution in [2.24, 2.45) is 4.99 Å². The zero-order chi connectivity index (χ0) is 32.4. The molecule has 0 N–H and O–H groups in total. The number of benzene rings is 4. The molecular formula is C36H30Cl2N2O5S. The largest absolute Gasteiger partial charge is 0.490 e. The van der Waals surface area contributed by atoms with Gasteiger partial charge in [-0.25, -0.2) is 9.79 Å². The van der Waals surface area contributed by atoms with Crippen LogP contribution in [0.4, 0.5) is 0 Å². The summed E-state index contributed by atoms with van der Waals surface area (Å²) in [7, 11) is 0. The maximum Gasteiger partial charge on any atom is 0.338 e. The molecule has 10 heteroatoms. The minimum absolute atomic E-state index is 0.199. The van der Waals surface area contributed by atoms with E-state index in [1.54, 1.807) is 48.8 Å². The van der Waals surface area contributed by atoms with Gasteiger partial charge in [0, 0.05) is 5.02 Å². The topological polar surface area (TPSA) is 79.1 Å². The molecule has 2 heterocycles. The van der Waals surface area contributed by atoms with Gasteiger partial charge in [0.05, 0.1) is 40.1 Å². The number of hydrogen-bond donors (Lipinski definition) is 0. The van der Waals surface area contributed by atoms with Gasteiger partial charge in [0.2, 0.25) is 0 Å². The van der Waals surface area contributed by atoms with Crippen LogP contribution in [0.2, 0.25) is 10.0 Å². The van der Waals surface area contributed by atoms with E-state index in [0.717, 1.165) is 21.9 Å². The van der Waals surface area contributed by atoms with Crippen LogP contribution >= 0.6 is 34.5 Å². The first kappa shape index (κ1) is 31.6. The Morgan fingerprint density at radius 1 is 0.978 bits per heavy atom. The highest BCUT2D eigenvalue weighted by Crippen LogP contribution is 2.38. The standard InChI is InChI=1S/C36H30Cl2N2O5S/c1-4-43-29-18-23(17-28(38)33(29)45-20-22-13-15-25(37)16-14-22)19-30-34(41)40-32(27-12-8-10-24-9-6-7-11-26(24)27)31(35(42)44-5-2)21(3)39-36(40)46-30/h6-19,32H,4-5,20H2,1-3H3/b30-19+/t32-/m0/s1. The van der Waals surface area contributed by atoms with Crippen molar-refractivity contribution in [2.75, 3.05) is 13.2 Å². The van der Waals surface area contributed by atoms with Crippen LogP contribution in [0.15, 0.2) is 99.9 Å². The Morgan fingerprint density at radius 2 is 1.74 bits per heavy atom. The summed E-state index contributed by atoms with van der Waals surface area (Å²) in [5.41, 5.74) is 2.95. The molecule has 1 aliphatic heterocycles. The number of aromatic nitrogens is 1. The van der Waals surface area contributed by atoms with Gasteiger partial charge >= 0.3 is 5.97 Å². The summed E-state index contributed by atoms with van der Waals surface area (Å²) in [4.78, 5) is 32.8. The molecule has 6 rings (SSSR count). The number of carbonyl (C=O) groups is 1. The number of fused-ring (bicyclic) bond motifs is 2. The van der Waals surface area contributed by atoms with Crippen molar-refractivity contribution in [1.82, 2.24) is 4.57 Å². The van der Waals surface area contributed by atoms with E-state index < -0.39 is 12.0 Å². The molecule has 0 saturated carbocycles. The fourth-order valence-electron chi connectivity index (χ4n) is 5.54. The Morgan fingerprint density at radius 3 is 2.50 bits per heavy atom. The van der Waals surface area contributed by atoms with Crippen LogP contribution in [0.25, 0.3) is 16.8 Å². The van der Waals surface area contributed by atoms with Gasteiger partial charge < -0.3 is 14.2 Å². The highest BCUT2D eigenvalue weighted by molar-refractivity contribution is 7.07. The Balaban J connectivity index is 1.46. The van der Waals surface area contributed by atoms with Gasteiger partial charge in [-0.05, 0) is 78.6 Å². The molecule has 234 valence electrons. The summed E-state index contributed by atoms with van der Waals surface area (Å²) in [5, 5.41) is 2.91. The van der Waals surface area contributed by atoms with Crippen molar-refractivity contribution in [3.63, 3.8) is 0 Å².